The summed E-state index contributed by atoms with van der Waals surface area (Å²) in [7, 11) is -1.34. The van der Waals surface area contributed by atoms with Gasteiger partial charge in [0, 0.05) is 20.3 Å². The summed E-state index contributed by atoms with van der Waals surface area (Å²) in [6, 6.07) is 1.52. The fourth-order valence-corrected chi connectivity index (χ4v) is 2.45. The lowest BCUT2D eigenvalue weighted by Gasteiger charge is -2.18. The fourth-order valence-electron chi connectivity index (χ4n) is 2.11. The molecule has 0 aromatic carbocycles. The first-order valence-corrected chi connectivity index (χ1v) is 8.11. The van der Waals surface area contributed by atoms with Gasteiger partial charge in [-0.05, 0) is 6.07 Å². The Morgan fingerprint density at radius 3 is 2.57 bits per heavy atom. The van der Waals surface area contributed by atoms with Gasteiger partial charge in [0.05, 0.1) is 6.61 Å². The standard InChI is InChI=1S/C11H18N3O8P/c1-13(2)7-3-4-14(11(17)12-7)10-9(16)8(15)6(22-10)5-21-23(18,19)20/h3-4,6,8-10,15-16H,5H2,1-2H3,(H2,18,19,20)/t6-,8-,9-,10-/m1/s1. The van der Waals surface area contributed by atoms with Crippen LogP contribution in [-0.4, -0.2) is 68.6 Å². The van der Waals surface area contributed by atoms with Crippen LogP contribution in [0.2, 0.25) is 0 Å². The summed E-state index contributed by atoms with van der Waals surface area (Å²) < 4.78 is 21.2. The van der Waals surface area contributed by atoms with Crippen LogP contribution in [0.3, 0.4) is 0 Å². The molecule has 0 spiro atoms. The Labute approximate surface area is 131 Å². The molecule has 4 N–H and O–H groups in total. The zero-order valence-electron chi connectivity index (χ0n) is 12.4. The molecule has 2 heterocycles. The first kappa shape index (κ1) is 18.0. The summed E-state index contributed by atoms with van der Waals surface area (Å²) in [5.74, 6) is 0.403. The molecule has 1 aliphatic rings. The number of nitrogens with zero attached hydrogens (tertiary/aromatic N) is 3. The predicted molar refractivity (Wildman–Crippen MR) is 76.7 cm³/mol. The van der Waals surface area contributed by atoms with E-state index in [0.717, 1.165) is 4.57 Å². The number of aromatic nitrogens is 2. The van der Waals surface area contributed by atoms with Crippen LogP contribution < -0.4 is 10.6 Å². The maximum Gasteiger partial charge on any atom is 0.469 e. The third kappa shape index (κ3) is 4.15. The van der Waals surface area contributed by atoms with Crippen LogP contribution in [0.15, 0.2) is 17.1 Å². The summed E-state index contributed by atoms with van der Waals surface area (Å²) >= 11 is 0. The summed E-state index contributed by atoms with van der Waals surface area (Å²) in [5, 5.41) is 19.9. The summed E-state index contributed by atoms with van der Waals surface area (Å²) in [6.07, 6.45) is -4.07. The first-order chi connectivity index (χ1) is 10.6. The van der Waals surface area contributed by atoms with Crippen LogP contribution in [0.25, 0.3) is 0 Å². The van der Waals surface area contributed by atoms with Crippen molar-refractivity contribution < 1.29 is 33.8 Å². The molecule has 0 amide bonds. The van der Waals surface area contributed by atoms with Gasteiger partial charge >= 0.3 is 13.5 Å². The maximum absolute atomic E-state index is 12.0. The van der Waals surface area contributed by atoms with E-state index in [0.29, 0.717) is 5.82 Å². The topological polar surface area (TPSA) is 155 Å². The summed E-state index contributed by atoms with van der Waals surface area (Å²) in [5.41, 5.74) is -0.705. The number of phosphoric ester groups is 1. The van der Waals surface area contributed by atoms with E-state index in [9.17, 15) is 19.6 Å². The highest BCUT2D eigenvalue weighted by molar-refractivity contribution is 7.46. The van der Waals surface area contributed by atoms with E-state index in [1.807, 2.05) is 0 Å². The molecule has 1 aliphatic heterocycles. The third-order valence-electron chi connectivity index (χ3n) is 3.29. The van der Waals surface area contributed by atoms with Gasteiger partial charge < -0.3 is 29.6 Å². The Kier molecular flexibility index (Phi) is 5.21. The zero-order valence-corrected chi connectivity index (χ0v) is 13.3. The number of aliphatic hydroxyl groups is 2. The van der Waals surface area contributed by atoms with Gasteiger partial charge in [0.15, 0.2) is 6.23 Å². The Bertz CT molecular complexity index is 659. The smallest absolute Gasteiger partial charge is 0.387 e. The molecule has 2 rings (SSSR count). The van der Waals surface area contributed by atoms with Crippen molar-refractivity contribution in [3.05, 3.63) is 22.7 Å². The fraction of sp³-hybridized carbons (Fsp3) is 0.636. The molecule has 1 aromatic heterocycles. The second-order valence-corrected chi connectivity index (χ2v) is 6.44. The van der Waals surface area contributed by atoms with Gasteiger partial charge in [0.25, 0.3) is 0 Å². The molecule has 0 aliphatic carbocycles. The molecule has 130 valence electrons. The molecular weight excluding hydrogens is 333 g/mol. The van der Waals surface area contributed by atoms with Gasteiger partial charge in [-0.25, -0.2) is 9.36 Å². The lowest BCUT2D eigenvalue weighted by molar-refractivity contribution is -0.0542. The minimum Gasteiger partial charge on any atom is -0.387 e. The van der Waals surface area contributed by atoms with E-state index in [2.05, 4.69) is 9.51 Å². The van der Waals surface area contributed by atoms with Gasteiger partial charge in [-0.2, -0.15) is 4.98 Å². The number of hydrogen-bond donors (Lipinski definition) is 4. The Morgan fingerprint density at radius 2 is 2.04 bits per heavy atom. The molecule has 4 atom stereocenters. The van der Waals surface area contributed by atoms with Crippen LogP contribution in [0.1, 0.15) is 6.23 Å². The van der Waals surface area contributed by atoms with Crippen LogP contribution in [-0.2, 0) is 13.8 Å². The maximum atomic E-state index is 12.0. The second kappa shape index (κ2) is 6.65. The molecule has 1 fully saturated rings. The number of phosphoric acid groups is 1. The summed E-state index contributed by atoms with van der Waals surface area (Å²) in [4.78, 5) is 34.7. The molecule has 11 nitrogen and oxygen atoms in total. The minimum absolute atomic E-state index is 0.403. The van der Waals surface area contributed by atoms with E-state index < -0.39 is 44.7 Å². The average Bonchev–Trinajstić information content (AvgIpc) is 2.72. The number of ether oxygens (including phenoxy) is 1. The molecule has 0 radical (unpaired) electrons. The van der Waals surface area contributed by atoms with Crippen molar-refractivity contribution in [2.45, 2.75) is 24.5 Å². The van der Waals surface area contributed by atoms with Crippen molar-refractivity contribution in [3.8, 4) is 0 Å². The highest BCUT2D eigenvalue weighted by Gasteiger charge is 2.45. The average molecular weight is 351 g/mol. The predicted octanol–water partition coefficient (Wildman–Crippen LogP) is -1.96. The molecule has 0 saturated carbocycles. The molecule has 0 bridgehead atoms. The SMILES string of the molecule is CN(C)c1ccn([C@@H]2O[C@H](COP(=O)(O)O)[C@@H](O)[C@H]2O)c(=O)n1. The van der Waals surface area contributed by atoms with Crippen LogP contribution in [0.4, 0.5) is 5.82 Å². The van der Waals surface area contributed by atoms with Crippen molar-refractivity contribution in [1.82, 2.24) is 9.55 Å². The van der Waals surface area contributed by atoms with Crippen molar-refractivity contribution in [2.24, 2.45) is 0 Å². The number of hydrogen-bond acceptors (Lipinski definition) is 8. The van der Waals surface area contributed by atoms with E-state index in [-0.39, 0.29) is 0 Å². The normalized spacial score (nSPS) is 28.1. The third-order valence-corrected chi connectivity index (χ3v) is 3.78. The van der Waals surface area contributed by atoms with E-state index in [1.165, 1.54) is 12.3 Å². The molecule has 23 heavy (non-hydrogen) atoms. The van der Waals surface area contributed by atoms with Crippen molar-refractivity contribution in [2.75, 3.05) is 25.6 Å². The largest absolute Gasteiger partial charge is 0.469 e. The van der Waals surface area contributed by atoms with Crippen LogP contribution in [0.5, 0.6) is 0 Å². The van der Waals surface area contributed by atoms with Crippen molar-refractivity contribution in [3.63, 3.8) is 0 Å². The number of aliphatic hydroxyl groups excluding tert-OH is 2. The summed E-state index contributed by atoms with van der Waals surface area (Å²) in [6.45, 7) is -0.642. The van der Waals surface area contributed by atoms with Gasteiger partial charge in [-0.3, -0.25) is 9.09 Å². The number of rotatable bonds is 5. The monoisotopic (exact) mass is 351 g/mol. The van der Waals surface area contributed by atoms with Gasteiger partial charge in [-0.1, -0.05) is 0 Å². The highest BCUT2D eigenvalue weighted by Crippen LogP contribution is 2.38. The minimum atomic E-state index is -4.74. The van der Waals surface area contributed by atoms with Gasteiger partial charge in [0.1, 0.15) is 24.1 Å². The number of anilines is 1. The second-order valence-electron chi connectivity index (χ2n) is 5.20. The Morgan fingerprint density at radius 1 is 1.39 bits per heavy atom. The molecular formula is C11H18N3O8P. The molecule has 12 heteroatoms. The van der Waals surface area contributed by atoms with E-state index in [4.69, 9.17) is 14.5 Å². The van der Waals surface area contributed by atoms with Crippen LogP contribution in [0, 0.1) is 0 Å². The molecule has 1 aromatic rings. The zero-order chi connectivity index (χ0) is 17.4. The lowest BCUT2D eigenvalue weighted by Crippen LogP contribution is -2.36. The van der Waals surface area contributed by atoms with Crippen molar-refractivity contribution >= 4 is 13.6 Å². The van der Waals surface area contributed by atoms with Crippen LogP contribution >= 0.6 is 7.82 Å². The highest BCUT2D eigenvalue weighted by atomic mass is 31.2. The first-order valence-electron chi connectivity index (χ1n) is 6.58. The quantitative estimate of drug-likeness (QED) is 0.439. The Balaban J connectivity index is 2.18. The molecule has 1 saturated heterocycles. The molecule has 0 unspecified atom stereocenters. The van der Waals surface area contributed by atoms with E-state index >= 15 is 0 Å². The van der Waals surface area contributed by atoms with Gasteiger partial charge in [0.2, 0.25) is 0 Å². The van der Waals surface area contributed by atoms with Gasteiger partial charge in [-0.15, -0.1) is 0 Å². The Hall–Kier alpha value is -1.33. The lowest BCUT2D eigenvalue weighted by atomic mass is 10.1. The van der Waals surface area contributed by atoms with Crippen molar-refractivity contribution in [1.29, 1.82) is 0 Å². The van der Waals surface area contributed by atoms with E-state index in [1.54, 1.807) is 19.0 Å².